The van der Waals surface area contributed by atoms with Crippen LogP contribution in [0.2, 0.25) is 0 Å². The van der Waals surface area contributed by atoms with E-state index in [2.05, 4.69) is 10.3 Å². The van der Waals surface area contributed by atoms with Gasteiger partial charge in [-0.3, -0.25) is 14.5 Å². The first-order chi connectivity index (χ1) is 14.0. The van der Waals surface area contributed by atoms with Gasteiger partial charge in [-0.15, -0.1) is 0 Å². The van der Waals surface area contributed by atoms with E-state index in [-0.39, 0.29) is 24.9 Å². The monoisotopic (exact) mass is 401 g/mol. The molecule has 2 atom stereocenters. The Labute approximate surface area is 167 Å². The van der Waals surface area contributed by atoms with E-state index in [1.807, 2.05) is 18.0 Å². The Morgan fingerprint density at radius 3 is 2.83 bits per heavy atom. The van der Waals surface area contributed by atoms with Gasteiger partial charge in [-0.1, -0.05) is 6.07 Å². The van der Waals surface area contributed by atoms with Crippen LogP contribution in [0.15, 0.2) is 35.1 Å². The first kappa shape index (κ1) is 19.4. The van der Waals surface area contributed by atoms with Crippen LogP contribution in [0.3, 0.4) is 0 Å². The Kier molecular flexibility index (Phi) is 5.52. The number of aliphatic hydroxyl groups excluding tert-OH is 1. The molecule has 9 nitrogen and oxygen atoms in total. The first-order valence-electron chi connectivity index (χ1n) is 9.36. The topological polar surface area (TPSA) is 113 Å². The number of nitrogens with one attached hydrogen (secondary N) is 2. The molecule has 3 N–H and O–H groups in total. The van der Waals surface area contributed by atoms with Gasteiger partial charge in [-0.05, 0) is 36.9 Å². The Morgan fingerprint density at radius 2 is 2.07 bits per heavy atom. The summed E-state index contributed by atoms with van der Waals surface area (Å²) in [5, 5.41) is 12.6. The molecule has 2 aromatic rings. The highest BCUT2D eigenvalue weighted by molar-refractivity contribution is 5.93. The summed E-state index contributed by atoms with van der Waals surface area (Å²) in [6.07, 6.45) is -0.548. The van der Waals surface area contributed by atoms with E-state index in [1.54, 1.807) is 18.2 Å². The van der Waals surface area contributed by atoms with E-state index in [1.165, 1.54) is 6.07 Å². The van der Waals surface area contributed by atoms with Crippen LogP contribution in [0.4, 0.5) is 0 Å². The average Bonchev–Trinajstić information content (AvgIpc) is 3.34. The van der Waals surface area contributed by atoms with Gasteiger partial charge in [0.25, 0.3) is 11.5 Å². The van der Waals surface area contributed by atoms with Crippen molar-refractivity contribution in [3.8, 4) is 11.5 Å². The first-order valence-corrected chi connectivity index (χ1v) is 9.36. The quantitative estimate of drug-likeness (QED) is 0.635. The van der Waals surface area contributed by atoms with Crippen molar-refractivity contribution in [2.45, 2.75) is 25.2 Å². The van der Waals surface area contributed by atoms with Crippen LogP contribution in [-0.2, 0) is 17.8 Å². The van der Waals surface area contributed by atoms with E-state index in [9.17, 15) is 14.7 Å². The lowest BCUT2D eigenvalue weighted by molar-refractivity contribution is 0.0919. The Balaban J connectivity index is 1.37. The summed E-state index contributed by atoms with van der Waals surface area (Å²) in [7, 11) is 1.85. The van der Waals surface area contributed by atoms with Crippen molar-refractivity contribution in [1.82, 2.24) is 15.2 Å². The standard InChI is InChI=1S/C20H23N3O6/c1-23(15-9-27-10-16(15)24)8-13-3-4-14(20(26)22-13)19(25)21-7-12-2-5-17-18(6-12)29-11-28-17/h2-6,15-16,24H,7-11H2,1H3,(H,21,25)(H,22,26)/t15-,16-/m0/s1. The lowest BCUT2D eigenvalue weighted by Crippen LogP contribution is -2.40. The van der Waals surface area contributed by atoms with Crippen molar-refractivity contribution in [3.05, 3.63) is 57.5 Å². The normalized spacial score (nSPS) is 20.2. The summed E-state index contributed by atoms with van der Waals surface area (Å²) in [4.78, 5) is 29.4. The molecule has 29 heavy (non-hydrogen) atoms. The second-order valence-corrected chi connectivity index (χ2v) is 7.18. The van der Waals surface area contributed by atoms with E-state index in [0.717, 1.165) is 5.56 Å². The van der Waals surface area contributed by atoms with Crippen LogP contribution in [0.1, 0.15) is 21.6 Å². The molecule has 154 valence electrons. The van der Waals surface area contributed by atoms with Crippen molar-refractivity contribution in [2.75, 3.05) is 27.1 Å². The summed E-state index contributed by atoms with van der Waals surface area (Å²) in [6.45, 7) is 1.64. The van der Waals surface area contributed by atoms with E-state index < -0.39 is 17.6 Å². The van der Waals surface area contributed by atoms with Crippen LogP contribution in [0, 0.1) is 0 Å². The van der Waals surface area contributed by atoms with Gasteiger partial charge >= 0.3 is 0 Å². The minimum atomic E-state index is -0.548. The third kappa shape index (κ3) is 4.26. The lowest BCUT2D eigenvalue weighted by atomic mass is 10.1. The Hall–Kier alpha value is -2.88. The number of hydrogen-bond donors (Lipinski definition) is 3. The Morgan fingerprint density at radius 1 is 1.24 bits per heavy atom. The molecule has 1 fully saturated rings. The van der Waals surface area contributed by atoms with Crippen LogP contribution < -0.4 is 20.3 Å². The highest BCUT2D eigenvalue weighted by atomic mass is 16.7. The van der Waals surface area contributed by atoms with Gasteiger partial charge in [0, 0.05) is 18.8 Å². The fourth-order valence-electron chi connectivity index (χ4n) is 3.45. The fourth-order valence-corrected chi connectivity index (χ4v) is 3.45. The van der Waals surface area contributed by atoms with Gasteiger partial charge in [0.15, 0.2) is 11.5 Å². The molecule has 1 aromatic carbocycles. The summed E-state index contributed by atoms with van der Waals surface area (Å²) < 4.78 is 15.8. The fraction of sp³-hybridized carbons (Fsp3) is 0.400. The van der Waals surface area contributed by atoms with Crippen molar-refractivity contribution in [1.29, 1.82) is 0 Å². The molecule has 2 aliphatic rings. The zero-order valence-electron chi connectivity index (χ0n) is 16.0. The highest BCUT2D eigenvalue weighted by Crippen LogP contribution is 2.32. The summed E-state index contributed by atoms with van der Waals surface area (Å²) in [6, 6.07) is 8.51. The lowest BCUT2D eigenvalue weighted by Gasteiger charge is -2.25. The number of amides is 1. The molecule has 1 aromatic heterocycles. The number of ether oxygens (including phenoxy) is 3. The van der Waals surface area contributed by atoms with Crippen LogP contribution in [0.5, 0.6) is 11.5 Å². The number of fused-ring (bicyclic) bond motifs is 1. The molecular weight excluding hydrogens is 378 g/mol. The van der Waals surface area contributed by atoms with Crippen molar-refractivity contribution in [3.63, 3.8) is 0 Å². The molecule has 1 amide bonds. The number of rotatable bonds is 6. The summed E-state index contributed by atoms with van der Waals surface area (Å²) >= 11 is 0. The molecular formula is C20H23N3O6. The molecule has 0 spiro atoms. The maximum absolute atomic E-state index is 12.4. The number of aliphatic hydroxyl groups is 1. The highest BCUT2D eigenvalue weighted by Gasteiger charge is 2.29. The van der Waals surface area contributed by atoms with E-state index in [4.69, 9.17) is 14.2 Å². The molecule has 3 heterocycles. The van der Waals surface area contributed by atoms with Crippen molar-refractivity contribution in [2.24, 2.45) is 0 Å². The number of benzene rings is 1. The predicted octanol–water partition coefficient (Wildman–Crippen LogP) is 0.225. The van der Waals surface area contributed by atoms with Gasteiger partial charge < -0.3 is 29.6 Å². The van der Waals surface area contributed by atoms with Gasteiger partial charge in [-0.2, -0.15) is 0 Å². The SMILES string of the molecule is CN(Cc1ccc(C(=O)NCc2ccc3c(c2)OCO3)c(=O)[nH]1)[C@H]1COC[C@@H]1O. The maximum Gasteiger partial charge on any atom is 0.261 e. The average molecular weight is 401 g/mol. The molecule has 9 heteroatoms. The number of H-pyrrole nitrogens is 1. The number of likely N-dealkylation sites (N-methyl/N-ethyl adjacent to an activating group) is 1. The number of aromatic nitrogens is 1. The minimum Gasteiger partial charge on any atom is -0.454 e. The second-order valence-electron chi connectivity index (χ2n) is 7.18. The van der Waals surface area contributed by atoms with Crippen LogP contribution in [-0.4, -0.2) is 60.1 Å². The number of aromatic amines is 1. The zero-order chi connectivity index (χ0) is 20.4. The van der Waals surface area contributed by atoms with Crippen molar-refractivity contribution < 1.29 is 24.1 Å². The number of carbonyl (C=O) groups excluding carboxylic acids is 1. The van der Waals surface area contributed by atoms with Crippen molar-refractivity contribution >= 4 is 5.91 Å². The van der Waals surface area contributed by atoms with Crippen LogP contribution in [0.25, 0.3) is 0 Å². The third-order valence-corrected chi connectivity index (χ3v) is 5.11. The maximum atomic E-state index is 12.4. The third-order valence-electron chi connectivity index (χ3n) is 5.11. The molecule has 4 rings (SSSR count). The minimum absolute atomic E-state index is 0.0429. The van der Waals surface area contributed by atoms with Gasteiger partial charge in [0.05, 0.1) is 25.4 Å². The number of carbonyl (C=O) groups is 1. The molecule has 0 bridgehead atoms. The molecule has 2 aliphatic heterocycles. The van der Waals surface area contributed by atoms with Gasteiger partial charge in [0.1, 0.15) is 5.56 Å². The largest absolute Gasteiger partial charge is 0.454 e. The predicted molar refractivity (Wildman–Crippen MR) is 103 cm³/mol. The smallest absolute Gasteiger partial charge is 0.261 e. The number of nitrogens with zero attached hydrogens (tertiary/aromatic N) is 1. The second kappa shape index (κ2) is 8.24. The molecule has 0 radical (unpaired) electrons. The number of hydrogen-bond acceptors (Lipinski definition) is 7. The van der Waals surface area contributed by atoms with Gasteiger partial charge in [0.2, 0.25) is 6.79 Å². The summed E-state index contributed by atoms with van der Waals surface area (Å²) in [5.41, 5.74) is 1.09. The zero-order valence-corrected chi connectivity index (χ0v) is 16.0. The molecule has 1 saturated heterocycles. The molecule has 0 unspecified atom stereocenters. The van der Waals surface area contributed by atoms with Crippen LogP contribution >= 0.6 is 0 Å². The summed E-state index contributed by atoms with van der Waals surface area (Å²) in [5.74, 6) is 0.859. The van der Waals surface area contributed by atoms with Gasteiger partial charge in [-0.25, -0.2) is 0 Å². The molecule has 0 saturated carbocycles. The van der Waals surface area contributed by atoms with E-state index in [0.29, 0.717) is 37.0 Å². The number of pyridine rings is 1. The Bertz CT molecular complexity index is 959. The molecule has 0 aliphatic carbocycles. The van der Waals surface area contributed by atoms with E-state index >= 15 is 0 Å².